The van der Waals surface area contributed by atoms with Crippen molar-refractivity contribution in [1.82, 2.24) is 9.78 Å². The Morgan fingerprint density at radius 2 is 2.05 bits per heavy atom. The first-order chi connectivity index (χ1) is 9.75. The fraction of sp³-hybridized carbons (Fsp3) is 0.750. The molecule has 1 rings (SSSR count). The van der Waals surface area contributed by atoms with Crippen molar-refractivity contribution in [3.63, 3.8) is 0 Å². The van der Waals surface area contributed by atoms with Crippen LogP contribution in [0.1, 0.15) is 59.9 Å². The van der Waals surface area contributed by atoms with E-state index in [1.54, 1.807) is 6.20 Å². The first kappa shape index (κ1) is 17.7. The van der Waals surface area contributed by atoms with E-state index in [0.29, 0.717) is 18.9 Å². The van der Waals surface area contributed by atoms with Gasteiger partial charge in [0, 0.05) is 18.5 Å². The van der Waals surface area contributed by atoms with E-state index in [0.717, 1.165) is 18.7 Å². The summed E-state index contributed by atoms with van der Waals surface area (Å²) in [6.07, 6.45) is 4.05. The van der Waals surface area contributed by atoms with Gasteiger partial charge in [-0.2, -0.15) is 5.10 Å². The monoisotopic (exact) mass is 294 g/mol. The number of rotatable bonds is 7. The Bertz CT molecular complexity index is 445. The maximum Gasteiger partial charge on any atom is 0.225 e. The van der Waals surface area contributed by atoms with E-state index in [1.165, 1.54) is 0 Å². The summed E-state index contributed by atoms with van der Waals surface area (Å²) in [5.74, 6) is 1.27. The summed E-state index contributed by atoms with van der Waals surface area (Å²) in [4.78, 5) is 12.1. The van der Waals surface area contributed by atoms with Crippen LogP contribution in [-0.4, -0.2) is 22.2 Å². The minimum Gasteiger partial charge on any atom is -0.330 e. The quantitative estimate of drug-likeness (QED) is 0.811. The molecule has 5 heteroatoms. The van der Waals surface area contributed by atoms with Crippen molar-refractivity contribution in [3.8, 4) is 0 Å². The fourth-order valence-corrected chi connectivity index (χ4v) is 2.55. The Hall–Kier alpha value is -1.36. The molecule has 1 amide bonds. The molecule has 1 atom stereocenters. The lowest BCUT2D eigenvalue weighted by molar-refractivity contribution is -0.116. The Balaban J connectivity index is 2.55. The predicted octanol–water partition coefficient (Wildman–Crippen LogP) is 3.19. The minimum absolute atomic E-state index is 0.0451. The molecule has 1 heterocycles. The summed E-state index contributed by atoms with van der Waals surface area (Å²) in [7, 11) is 0. The number of hydrogen-bond acceptors (Lipinski definition) is 3. The van der Waals surface area contributed by atoms with Crippen molar-refractivity contribution in [2.24, 2.45) is 17.1 Å². The van der Waals surface area contributed by atoms with Crippen LogP contribution in [0, 0.1) is 11.3 Å². The van der Waals surface area contributed by atoms with Gasteiger partial charge in [-0.3, -0.25) is 4.79 Å². The average Bonchev–Trinajstić information content (AvgIpc) is 2.81. The molecular formula is C16H30N4O. The molecule has 120 valence electrons. The van der Waals surface area contributed by atoms with Gasteiger partial charge >= 0.3 is 0 Å². The van der Waals surface area contributed by atoms with E-state index in [9.17, 15) is 4.79 Å². The number of anilines is 1. The highest BCUT2D eigenvalue weighted by Crippen LogP contribution is 2.32. The molecular weight excluding hydrogens is 264 g/mol. The molecule has 0 aliphatic heterocycles. The van der Waals surface area contributed by atoms with Crippen LogP contribution in [0.3, 0.4) is 0 Å². The van der Waals surface area contributed by atoms with Gasteiger partial charge in [0.15, 0.2) is 0 Å². The maximum absolute atomic E-state index is 12.1. The van der Waals surface area contributed by atoms with Gasteiger partial charge in [-0.15, -0.1) is 0 Å². The SMILES string of the molecule is CC(C)n1nccc1NC(=O)CCC(CCN)C(C)(C)C. The van der Waals surface area contributed by atoms with E-state index >= 15 is 0 Å². The van der Waals surface area contributed by atoms with Crippen LogP contribution in [-0.2, 0) is 4.79 Å². The van der Waals surface area contributed by atoms with Gasteiger partial charge < -0.3 is 11.1 Å². The lowest BCUT2D eigenvalue weighted by atomic mass is 9.76. The number of nitrogens with two attached hydrogens (primary N) is 1. The molecule has 0 saturated heterocycles. The number of carbonyl (C=O) groups excluding carboxylic acids is 1. The number of hydrogen-bond donors (Lipinski definition) is 2. The molecule has 0 bridgehead atoms. The normalized spacial score (nSPS) is 13.5. The highest BCUT2D eigenvalue weighted by atomic mass is 16.1. The topological polar surface area (TPSA) is 72.9 Å². The zero-order valence-corrected chi connectivity index (χ0v) is 14.0. The van der Waals surface area contributed by atoms with E-state index < -0.39 is 0 Å². The highest BCUT2D eigenvalue weighted by Gasteiger charge is 2.24. The Morgan fingerprint density at radius 1 is 1.38 bits per heavy atom. The van der Waals surface area contributed by atoms with Gasteiger partial charge in [0.05, 0.1) is 6.20 Å². The summed E-state index contributed by atoms with van der Waals surface area (Å²) in [6.45, 7) is 11.4. The van der Waals surface area contributed by atoms with Crippen molar-refractivity contribution < 1.29 is 4.79 Å². The Labute approximate surface area is 128 Å². The lowest BCUT2D eigenvalue weighted by Crippen LogP contribution is -2.25. The number of carbonyl (C=O) groups is 1. The number of amides is 1. The first-order valence-electron chi connectivity index (χ1n) is 7.79. The van der Waals surface area contributed by atoms with Crippen molar-refractivity contribution >= 4 is 11.7 Å². The molecule has 0 aliphatic carbocycles. The van der Waals surface area contributed by atoms with E-state index in [2.05, 4.69) is 31.2 Å². The third-order valence-corrected chi connectivity index (χ3v) is 3.89. The van der Waals surface area contributed by atoms with Crippen LogP contribution in [0.2, 0.25) is 0 Å². The van der Waals surface area contributed by atoms with Crippen LogP contribution >= 0.6 is 0 Å². The van der Waals surface area contributed by atoms with Crippen LogP contribution < -0.4 is 11.1 Å². The van der Waals surface area contributed by atoms with Crippen molar-refractivity contribution in [2.45, 2.75) is 59.9 Å². The Morgan fingerprint density at radius 3 is 2.57 bits per heavy atom. The van der Waals surface area contributed by atoms with E-state index in [-0.39, 0.29) is 17.4 Å². The zero-order chi connectivity index (χ0) is 16.0. The molecule has 1 aromatic heterocycles. The van der Waals surface area contributed by atoms with Gasteiger partial charge in [-0.25, -0.2) is 4.68 Å². The highest BCUT2D eigenvalue weighted by molar-refractivity contribution is 5.89. The van der Waals surface area contributed by atoms with Gasteiger partial charge in [0.1, 0.15) is 5.82 Å². The molecule has 1 unspecified atom stereocenters. The molecule has 5 nitrogen and oxygen atoms in total. The van der Waals surface area contributed by atoms with Crippen LogP contribution in [0.25, 0.3) is 0 Å². The minimum atomic E-state index is 0.0451. The second kappa shape index (κ2) is 7.59. The third-order valence-electron chi connectivity index (χ3n) is 3.89. The standard InChI is InChI=1S/C16H30N4O/c1-12(2)20-14(9-11-18-20)19-15(21)7-6-13(8-10-17)16(3,4)5/h9,11-13H,6-8,10,17H2,1-5H3,(H,19,21). The predicted molar refractivity (Wildman–Crippen MR) is 87.1 cm³/mol. The summed E-state index contributed by atoms with van der Waals surface area (Å²) in [6, 6.07) is 2.06. The first-order valence-corrected chi connectivity index (χ1v) is 7.79. The Kier molecular flexibility index (Phi) is 6.40. The van der Waals surface area contributed by atoms with E-state index in [4.69, 9.17) is 5.73 Å². The zero-order valence-electron chi connectivity index (χ0n) is 14.0. The van der Waals surface area contributed by atoms with Gasteiger partial charge in [0.25, 0.3) is 0 Å². The third kappa shape index (κ3) is 5.50. The van der Waals surface area contributed by atoms with E-state index in [1.807, 2.05) is 24.6 Å². The molecule has 0 saturated carbocycles. The average molecular weight is 294 g/mol. The smallest absolute Gasteiger partial charge is 0.225 e. The molecule has 21 heavy (non-hydrogen) atoms. The lowest BCUT2D eigenvalue weighted by Gasteiger charge is -2.30. The maximum atomic E-state index is 12.1. The van der Waals surface area contributed by atoms with Crippen molar-refractivity contribution in [2.75, 3.05) is 11.9 Å². The van der Waals surface area contributed by atoms with Crippen LogP contribution in [0.5, 0.6) is 0 Å². The molecule has 3 N–H and O–H groups in total. The molecule has 0 aromatic carbocycles. The molecule has 0 radical (unpaired) electrons. The largest absolute Gasteiger partial charge is 0.330 e. The molecule has 0 spiro atoms. The second-order valence-corrected chi connectivity index (χ2v) is 6.98. The number of nitrogens with one attached hydrogen (secondary N) is 1. The van der Waals surface area contributed by atoms with Crippen molar-refractivity contribution in [3.05, 3.63) is 12.3 Å². The van der Waals surface area contributed by atoms with Crippen molar-refractivity contribution in [1.29, 1.82) is 0 Å². The summed E-state index contributed by atoms with van der Waals surface area (Å²) in [5, 5.41) is 7.17. The van der Waals surface area contributed by atoms with Gasteiger partial charge in [-0.05, 0) is 44.6 Å². The second-order valence-electron chi connectivity index (χ2n) is 6.98. The molecule has 0 fully saturated rings. The molecule has 0 aliphatic rings. The summed E-state index contributed by atoms with van der Waals surface area (Å²) in [5.41, 5.74) is 5.86. The summed E-state index contributed by atoms with van der Waals surface area (Å²) >= 11 is 0. The number of nitrogens with zero attached hydrogens (tertiary/aromatic N) is 2. The number of aromatic nitrogens is 2. The van der Waals surface area contributed by atoms with Crippen LogP contribution in [0.15, 0.2) is 12.3 Å². The molecule has 1 aromatic rings. The van der Waals surface area contributed by atoms with Crippen LogP contribution in [0.4, 0.5) is 5.82 Å². The fourth-order valence-electron chi connectivity index (χ4n) is 2.55. The summed E-state index contributed by atoms with van der Waals surface area (Å²) < 4.78 is 1.82. The van der Waals surface area contributed by atoms with Gasteiger partial charge in [-0.1, -0.05) is 20.8 Å². The van der Waals surface area contributed by atoms with Gasteiger partial charge in [0.2, 0.25) is 5.91 Å².